The maximum atomic E-state index is 11.8. The zero-order valence-electron chi connectivity index (χ0n) is 11.1. The molecule has 0 spiro atoms. The van der Waals surface area contributed by atoms with Crippen LogP contribution in [0.15, 0.2) is 29.0 Å². The van der Waals surface area contributed by atoms with Gasteiger partial charge in [0.2, 0.25) is 0 Å². The van der Waals surface area contributed by atoms with Crippen LogP contribution >= 0.6 is 0 Å². The van der Waals surface area contributed by atoms with E-state index in [9.17, 15) is 9.90 Å². The molecule has 0 saturated heterocycles. The molecule has 2 heterocycles. The summed E-state index contributed by atoms with van der Waals surface area (Å²) in [5.41, 5.74) is 1.48. The summed E-state index contributed by atoms with van der Waals surface area (Å²) in [6.07, 6.45) is 2.29. The van der Waals surface area contributed by atoms with Gasteiger partial charge in [0.05, 0.1) is 0 Å². The van der Waals surface area contributed by atoms with Crippen molar-refractivity contribution >= 4 is 5.91 Å². The third-order valence-corrected chi connectivity index (χ3v) is 2.90. The van der Waals surface area contributed by atoms with E-state index in [0.717, 1.165) is 5.69 Å². The molecular weight excluding hydrogens is 260 g/mol. The summed E-state index contributed by atoms with van der Waals surface area (Å²) in [5.74, 6) is -0.461. The number of hydrogen-bond donors (Lipinski definition) is 2. The molecule has 0 fully saturated rings. The van der Waals surface area contributed by atoms with Gasteiger partial charge in [-0.15, -0.1) is 0 Å². The molecular formula is C13H16N4O3. The average Bonchev–Trinajstić information content (AvgIpc) is 2.90. The lowest BCUT2D eigenvalue weighted by Crippen LogP contribution is -2.32. The van der Waals surface area contributed by atoms with Crippen molar-refractivity contribution in [1.29, 1.82) is 0 Å². The minimum absolute atomic E-state index is 0.0348. The predicted octanol–water partition coefficient (Wildman–Crippen LogP) is 0.354. The molecule has 2 aromatic rings. The van der Waals surface area contributed by atoms with Gasteiger partial charge in [-0.05, 0) is 30.6 Å². The molecule has 20 heavy (non-hydrogen) atoms. The van der Waals surface area contributed by atoms with Gasteiger partial charge in [-0.25, -0.2) is 4.63 Å². The molecule has 0 radical (unpaired) electrons. The Bertz CT molecular complexity index is 556. The Morgan fingerprint density at radius 3 is 2.90 bits per heavy atom. The number of aliphatic hydroxyl groups is 1. The van der Waals surface area contributed by atoms with E-state index in [2.05, 4.69) is 25.2 Å². The topological polar surface area (TPSA) is 101 Å². The number of carbonyl (C=O) groups is 1. The third kappa shape index (κ3) is 3.61. The van der Waals surface area contributed by atoms with Crippen molar-refractivity contribution < 1.29 is 14.5 Å². The van der Waals surface area contributed by atoms with Gasteiger partial charge >= 0.3 is 0 Å². The first kappa shape index (κ1) is 14.1. The second-order valence-corrected chi connectivity index (χ2v) is 4.48. The highest BCUT2D eigenvalue weighted by Crippen LogP contribution is 2.06. The Hall–Kier alpha value is -2.28. The molecule has 106 valence electrons. The van der Waals surface area contributed by atoms with Crippen molar-refractivity contribution in [3.63, 3.8) is 0 Å². The number of nitrogens with one attached hydrogen (secondary N) is 1. The van der Waals surface area contributed by atoms with Gasteiger partial charge in [-0.2, -0.15) is 0 Å². The van der Waals surface area contributed by atoms with Gasteiger partial charge in [-0.3, -0.25) is 9.78 Å². The van der Waals surface area contributed by atoms with E-state index in [1.165, 1.54) is 0 Å². The molecule has 0 aliphatic heterocycles. The van der Waals surface area contributed by atoms with Gasteiger partial charge < -0.3 is 10.4 Å². The first-order valence-corrected chi connectivity index (χ1v) is 6.29. The van der Waals surface area contributed by atoms with E-state index >= 15 is 0 Å². The largest absolute Gasteiger partial charge is 0.396 e. The highest BCUT2D eigenvalue weighted by molar-refractivity contribution is 5.92. The molecule has 2 N–H and O–H groups in total. The van der Waals surface area contributed by atoms with Crippen LogP contribution in [0.25, 0.3) is 0 Å². The number of carbonyl (C=O) groups excluding carboxylic acids is 1. The van der Waals surface area contributed by atoms with E-state index in [1.54, 1.807) is 13.1 Å². The lowest BCUT2D eigenvalue weighted by molar-refractivity contribution is 0.0929. The van der Waals surface area contributed by atoms with Crippen molar-refractivity contribution in [2.75, 3.05) is 13.2 Å². The quantitative estimate of drug-likeness (QED) is 0.789. The Balaban J connectivity index is 1.88. The Morgan fingerprint density at radius 2 is 2.30 bits per heavy atom. The molecule has 1 amide bonds. The SMILES string of the molecule is Cc1nonc1C(=O)NCC(CO)Cc1ccccn1. The first-order chi connectivity index (χ1) is 9.70. The van der Waals surface area contributed by atoms with E-state index in [4.69, 9.17) is 0 Å². The van der Waals surface area contributed by atoms with Crippen molar-refractivity contribution in [2.45, 2.75) is 13.3 Å². The lowest BCUT2D eigenvalue weighted by Gasteiger charge is -2.14. The fourth-order valence-electron chi connectivity index (χ4n) is 1.77. The zero-order valence-corrected chi connectivity index (χ0v) is 11.1. The normalized spacial score (nSPS) is 12.1. The summed E-state index contributed by atoms with van der Waals surface area (Å²) in [7, 11) is 0. The molecule has 7 nitrogen and oxygen atoms in total. The highest BCUT2D eigenvalue weighted by Gasteiger charge is 2.17. The van der Waals surface area contributed by atoms with Gasteiger partial charge in [0.15, 0.2) is 5.69 Å². The minimum Gasteiger partial charge on any atom is -0.396 e. The third-order valence-electron chi connectivity index (χ3n) is 2.90. The van der Waals surface area contributed by atoms with Crippen LogP contribution in [-0.2, 0) is 6.42 Å². The smallest absolute Gasteiger partial charge is 0.275 e. The average molecular weight is 276 g/mol. The second-order valence-electron chi connectivity index (χ2n) is 4.48. The fraction of sp³-hybridized carbons (Fsp3) is 0.385. The van der Waals surface area contributed by atoms with Crippen molar-refractivity contribution in [2.24, 2.45) is 5.92 Å². The number of aryl methyl sites for hydroxylation is 1. The molecule has 7 heteroatoms. The Labute approximate surface area is 116 Å². The number of amides is 1. The molecule has 0 aliphatic carbocycles. The predicted molar refractivity (Wildman–Crippen MR) is 69.9 cm³/mol. The highest BCUT2D eigenvalue weighted by atomic mass is 16.6. The molecule has 1 unspecified atom stereocenters. The van der Waals surface area contributed by atoms with Crippen LogP contribution in [0.4, 0.5) is 0 Å². The number of aliphatic hydroxyl groups excluding tert-OH is 1. The van der Waals surface area contributed by atoms with E-state index in [1.807, 2.05) is 18.2 Å². The van der Waals surface area contributed by atoms with Crippen molar-refractivity contribution in [3.8, 4) is 0 Å². The molecule has 2 rings (SSSR count). The number of hydrogen-bond acceptors (Lipinski definition) is 6. The van der Waals surface area contributed by atoms with Crippen LogP contribution < -0.4 is 5.32 Å². The minimum atomic E-state index is -0.358. The van der Waals surface area contributed by atoms with Gasteiger partial charge in [0.1, 0.15) is 5.69 Å². The van der Waals surface area contributed by atoms with Gasteiger partial charge in [0, 0.05) is 31.0 Å². The molecule has 0 aromatic carbocycles. The standard InChI is InChI=1S/C13H16N4O3/c1-9-12(17-20-16-9)13(19)15-7-10(8-18)6-11-4-2-3-5-14-11/h2-5,10,18H,6-8H2,1H3,(H,15,19). The van der Waals surface area contributed by atoms with E-state index in [0.29, 0.717) is 18.7 Å². The van der Waals surface area contributed by atoms with E-state index < -0.39 is 0 Å². The van der Waals surface area contributed by atoms with Crippen LogP contribution in [0.3, 0.4) is 0 Å². The van der Waals surface area contributed by atoms with Crippen LogP contribution in [-0.4, -0.2) is 39.5 Å². The molecule has 2 aromatic heterocycles. The summed E-state index contributed by atoms with van der Waals surface area (Å²) >= 11 is 0. The van der Waals surface area contributed by atoms with Crippen LogP contribution in [0.2, 0.25) is 0 Å². The number of nitrogens with zero attached hydrogens (tertiary/aromatic N) is 3. The number of pyridine rings is 1. The summed E-state index contributed by atoms with van der Waals surface area (Å²) in [6, 6.07) is 5.61. The van der Waals surface area contributed by atoms with Gasteiger partial charge in [-0.1, -0.05) is 11.2 Å². The summed E-state index contributed by atoms with van der Waals surface area (Å²) in [6.45, 7) is 1.94. The summed E-state index contributed by atoms with van der Waals surface area (Å²) < 4.78 is 4.47. The maximum absolute atomic E-state index is 11.8. The monoisotopic (exact) mass is 276 g/mol. The summed E-state index contributed by atoms with van der Waals surface area (Å²) in [5, 5.41) is 19.1. The van der Waals surface area contributed by atoms with Gasteiger partial charge in [0.25, 0.3) is 5.91 Å². The first-order valence-electron chi connectivity index (χ1n) is 6.29. The molecule has 0 bridgehead atoms. The van der Waals surface area contributed by atoms with E-state index in [-0.39, 0.29) is 24.1 Å². The fourth-order valence-corrected chi connectivity index (χ4v) is 1.77. The maximum Gasteiger partial charge on any atom is 0.275 e. The Morgan fingerprint density at radius 1 is 1.45 bits per heavy atom. The summed E-state index contributed by atoms with van der Waals surface area (Å²) in [4.78, 5) is 16.0. The van der Waals surface area contributed by atoms with Crippen molar-refractivity contribution in [3.05, 3.63) is 41.5 Å². The molecule has 0 aliphatic rings. The Kier molecular flexibility index (Phi) is 4.78. The van der Waals surface area contributed by atoms with Crippen LogP contribution in [0.5, 0.6) is 0 Å². The number of rotatable bonds is 6. The lowest BCUT2D eigenvalue weighted by atomic mass is 10.0. The van der Waals surface area contributed by atoms with Crippen LogP contribution in [0.1, 0.15) is 21.9 Å². The second kappa shape index (κ2) is 6.76. The van der Waals surface area contributed by atoms with Crippen molar-refractivity contribution in [1.82, 2.24) is 20.6 Å². The molecule has 0 saturated carbocycles. The van der Waals surface area contributed by atoms with Crippen LogP contribution in [0, 0.1) is 12.8 Å². The zero-order chi connectivity index (χ0) is 14.4. The molecule has 1 atom stereocenters. The number of aromatic nitrogens is 3.